The number of hydrogen-bond acceptors (Lipinski definition) is 3. The zero-order chi connectivity index (χ0) is 20.9. The van der Waals surface area contributed by atoms with Gasteiger partial charge in [0.15, 0.2) is 0 Å². The van der Waals surface area contributed by atoms with Crippen molar-refractivity contribution in [3.05, 3.63) is 60.2 Å². The summed E-state index contributed by atoms with van der Waals surface area (Å²) in [6.07, 6.45) is -3.39. The molecule has 2 atom stereocenters. The molecule has 0 aliphatic carbocycles. The van der Waals surface area contributed by atoms with Crippen molar-refractivity contribution in [2.75, 3.05) is 6.54 Å². The molecular weight excluding hydrogens is 366 g/mol. The number of carbonyl (C=O) groups is 2. The number of hydrogen-bond donors (Lipinski definition) is 3. The first kappa shape index (κ1) is 21.5. The van der Waals surface area contributed by atoms with Crippen molar-refractivity contribution in [1.29, 1.82) is 0 Å². The maximum Gasteiger partial charge on any atom is 0.267 e. The second-order valence-corrected chi connectivity index (χ2v) is 7.09. The summed E-state index contributed by atoms with van der Waals surface area (Å²) >= 11 is 0. The number of primary amides is 1. The molecule has 0 radical (unpaired) electrons. The lowest BCUT2D eigenvalue weighted by atomic mass is 9.71. The number of carbonyl (C=O) groups excluding carboxylic acids is 2. The van der Waals surface area contributed by atoms with Crippen molar-refractivity contribution < 1.29 is 23.5 Å². The fourth-order valence-electron chi connectivity index (χ4n) is 2.84. The molecule has 2 amide bonds. The zero-order valence-corrected chi connectivity index (χ0v) is 15.8. The van der Waals surface area contributed by atoms with Gasteiger partial charge in [0, 0.05) is 12.1 Å². The Morgan fingerprint density at radius 2 is 1.57 bits per heavy atom. The topological polar surface area (TPSA) is 92.4 Å². The van der Waals surface area contributed by atoms with Crippen molar-refractivity contribution in [3.8, 4) is 11.1 Å². The van der Waals surface area contributed by atoms with Crippen LogP contribution < -0.4 is 11.1 Å². The Morgan fingerprint density at radius 1 is 1.04 bits per heavy atom. The standard InChI is InChI=1S/C21H24F2N2O3/c1-20(19(24)27,21(2,28)18(22)23)12-13-25-17(26)16-10-8-15(9-11-16)14-6-4-3-5-7-14/h3-11,18,28H,12-13H2,1-2H3,(H2,24,27)(H,25,26). The van der Waals surface area contributed by atoms with E-state index in [1.165, 1.54) is 6.92 Å². The van der Waals surface area contributed by atoms with Gasteiger partial charge in [-0.3, -0.25) is 9.59 Å². The van der Waals surface area contributed by atoms with Crippen LogP contribution in [-0.4, -0.2) is 35.5 Å². The molecule has 2 unspecified atom stereocenters. The van der Waals surface area contributed by atoms with Crippen LogP contribution in [0.5, 0.6) is 0 Å². The number of nitrogens with one attached hydrogen (secondary N) is 1. The molecule has 0 bridgehead atoms. The molecular formula is C21H24F2N2O3. The number of aliphatic hydroxyl groups is 1. The summed E-state index contributed by atoms with van der Waals surface area (Å²) in [7, 11) is 0. The molecule has 2 aromatic carbocycles. The molecule has 0 fully saturated rings. The third-order valence-electron chi connectivity index (χ3n) is 5.25. The van der Waals surface area contributed by atoms with Gasteiger partial charge in [-0.25, -0.2) is 8.78 Å². The molecule has 0 saturated carbocycles. The number of alkyl halides is 2. The smallest absolute Gasteiger partial charge is 0.267 e. The molecule has 0 spiro atoms. The van der Waals surface area contributed by atoms with Crippen LogP contribution in [0.3, 0.4) is 0 Å². The van der Waals surface area contributed by atoms with E-state index in [9.17, 15) is 23.5 Å². The van der Waals surface area contributed by atoms with Gasteiger partial charge >= 0.3 is 0 Å². The number of benzene rings is 2. The van der Waals surface area contributed by atoms with Gasteiger partial charge in [-0.15, -0.1) is 0 Å². The van der Waals surface area contributed by atoms with Crippen molar-refractivity contribution in [1.82, 2.24) is 5.32 Å². The van der Waals surface area contributed by atoms with Gasteiger partial charge in [-0.05, 0) is 43.5 Å². The van der Waals surface area contributed by atoms with Crippen molar-refractivity contribution in [3.63, 3.8) is 0 Å². The fraction of sp³-hybridized carbons (Fsp3) is 0.333. The second kappa shape index (κ2) is 8.48. The van der Waals surface area contributed by atoms with Crippen molar-refractivity contribution >= 4 is 11.8 Å². The summed E-state index contributed by atoms with van der Waals surface area (Å²) in [4.78, 5) is 24.0. The summed E-state index contributed by atoms with van der Waals surface area (Å²) in [5, 5.41) is 12.6. The average molecular weight is 390 g/mol. The lowest BCUT2D eigenvalue weighted by Crippen LogP contribution is -2.57. The lowest BCUT2D eigenvalue weighted by Gasteiger charge is -2.39. The van der Waals surface area contributed by atoms with Crippen LogP contribution in [-0.2, 0) is 4.79 Å². The quantitative estimate of drug-likeness (QED) is 0.647. The van der Waals surface area contributed by atoms with E-state index >= 15 is 0 Å². The van der Waals surface area contributed by atoms with Gasteiger partial charge in [0.2, 0.25) is 5.91 Å². The molecule has 0 saturated heterocycles. The monoisotopic (exact) mass is 390 g/mol. The Kier molecular flexibility index (Phi) is 6.51. The van der Waals surface area contributed by atoms with Crippen LogP contribution in [0.2, 0.25) is 0 Å². The Labute approximate surface area is 162 Å². The van der Waals surface area contributed by atoms with E-state index in [-0.39, 0.29) is 13.0 Å². The second-order valence-electron chi connectivity index (χ2n) is 7.09. The van der Waals surface area contributed by atoms with Gasteiger partial charge in [-0.2, -0.15) is 0 Å². The molecule has 2 rings (SSSR count). The molecule has 0 heterocycles. The molecule has 28 heavy (non-hydrogen) atoms. The minimum Gasteiger partial charge on any atom is -0.383 e. The summed E-state index contributed by atoms with van der Waals surface area (Å²) < 4.78 is 26.3. The number of halogens is 2. The highest BCUT2D eigenvalue weighted by Gasteiger charge is 2.53. The van der Waals surface area contributed by atoms with E-state index in [1.807, 2.05) is 30.3 Å². The SMILES string of the molecule is CC(CCNC(=O)c1ccc(-c2ccccc2)cc1)(C(N)=O)C(C)(O)C(F)F. The van der Waals surface area contributed by atoms with E-state index in [0.717, 1.165) is 18.1 Å². The molecule has 150 valence electrons. The van der Waals surface area contributed by atoms with Gasteiger partial charge in [-0.1, -0.05) is 42.5 Å². The number of nitrogens with two attached hydrogens (primary N) is 1. The van der Waals surface area contributed by atoms with Gasteiger partial charge in [0.1, 0.15) is 5.60 Å². The molecule has 2 aromatic rings. The van der Waals surface area contributed by atoms with E-state index in [2.05, 4.69) is 5.32 Å². The maximum absolute atomic E-state index is 13.2. The first-order chi connectivity index (χ1) is 13.1. The minimum absolute atomic E-state index is 0.0957. The predicted octanol–water partition coefficient (Wildman–Crippen LogP) is 2.98. The first-order valence-corrected chi connectivity index (χ1v) is 8.83. The third-order valence-corrected chi connectivity index (χ3v) is 5.25. The summed E-state index contributed by atoms with van der Waals surface area (Å²) in [5.41, 5.74) is 3.10. The summed E-state index contributed by atoms with van der Waals surface area (Å²) in [6.45, 7) is 1.94. The van der Waals surface area contributed by atoms with Gasteiger partial charge in [0.05, 0.1) is 5.41 Å². The summed E-state index contributed by atoms with van der Waals surface area (Å²) in [6, 6.07) is 16.6. The molecule has 5 nitrogen and oxygen atoms in total. The molecule has 7 heteroatoms. The van der Waals surface area contributed by atoms with E-state index in [0.29, 0.717) is 5.56 Å². The van der Waals surface area contributed by atoms with E-state index in [1.54, 1.807) is 24.3 Å². The molecule has 0 aliphatic rings. The van der Waals surface area contributed by atoms with Crippen LogP contribution in [0, 0.1) is 5.41 Å². The van der Waals surface area contributed by atoms with Gasteiger partial charge in [0.25, 0.3) is 12.3 Å². The molecule has 0 aliphatic heterocycles. The molecule has 0 aromatic heterocycles. The first-order valence-electron chi connectivity index (χ1n) is 8.83. The Hall–Kier alpha value is -2.80. The number of rotatable bonds is 8. The predicted molar refractivity (Wildman–Crippen MR) is 103 cm³/mol. The lowest BCUT2D eigenvalue weighted by molar-refractivity contribution is -0.174. The van der Waals surface area contributed by atoms with Gasteiger partial charge < -0.3 is 16.2 Å². The van der Waals surface area contributed by atoms with Crippen molar-refractivity contribution in [2.24, 2.45) is 11.1 Å². The summed E-state index contributed by atoms with van der Waals surface area (Å²) in [5.74, 6) is -1.47. The third kappa shape index (κ3) is 4.36. The van der Waals surface area contributed by atoms with Crippen LogP contribution in [0.25, 0.3) is 11.1 Å². The minimum atomic E-state index is -3.16. The highest BCUT2D eigenvalue weighted by molar-refractivity contribution is 5.94. The maximum atomic E-state index is 13.2. The highest BCUT2D eigenvalue weighted by Crippen LogP contribution is 2.38. The zero-order valence-electron chi connectivity index (χ0n) is 15.8. The van der Waals surface area contributed by atoms with Crippen molar-refractivity contribution in [2.45, 2.75) is 32.3 Å². The average Bonchev–Trinajstić information content (AvgIpc) is 2.68. The Balaban J connectivity index is 2.02. The van der Waals surface area contributed by atoms with Crippen LogP contribution >= 0.6 is 0 Å². The highest BCUT2D eigenvalue weighted by atomic mass is 19.3. The fourth-order valence-corrected chi connectivity index (χ4v) is 2.84. The normalized spacial score (nSPS) is 15.5. The van der Waals surface area contributed by atoms with Crippen LogP contribution in [0.15, 0.2) is 54.6 Å². The van der Waals surface area contributed by atoms with E-state index in [4.69, 9.17) is 5.73 Å². The Bertz CT molecular complexity index is 823. The van der Waals surface area contributed by atoms with E-state index < -0.39 is 29.3 Å². The Morgan fingerprint density at radius 3 is 2.07 bits per heavy atom. The number of amides is 2. The van der Waals surface area contributed by atoms with Crippen LogP contribution in [0.4, 0.5) is 8.78 Å². The largest absolute Gasteiger partial charge is 0.383 e. The van der Waals surface area contributed by atoms with Crippen LogP contribution in [0.1, 0.15) is 30.6 Å². The molecule has 4 N–H and O–H groups in total.